The normalized spacial score (nSPS) is 12.0. The monoisotopic (exact) mass is 1130 g/mol. The molecule has 5 heteroatoms. The van der Waals surface area contributed by atoms with Gasteiger partial charge in [-0.3, -0.25) is 0 Å². The molecule has 0 saturated carbocycles. The van der Waals surface area contributed by atoms with Crippen LogP contribution in [-0.2, 0) is 0 Å². The van der Waals surface area contributed by atoms with Crippen LogP contribution >= 0.6 is 0 Å². The van der Waals surface area contributed by atoms with Crippen molar-refractivity contribution in [2.75, 3.05) is 0 Å². The summed E-state index contributed by atoms with van der Waals surface area (Å²) in [7, 11) is 0. The zero-order valence-corrected chi connectivity index (χ0v) is 48.1. The Kier molecular flexibility index (Phi) is 10.7. The Morgan fingerprint density at radius 2 is 0.483 bits per heavy atom. The molecule has 0 N–H and O–H groups in total. The molecule has 0 spiro atoms. The predicted octanol–water partition coefficient (Wildman–Crippen LogP) is 23.1. The first-order valence-electron chi connectivity index (χ1n) is 30.4. The Labute approximate surface area is 511 Å². The first-order valence-corrected chi connectivity index (χ1v) is 30.4. The maximum Gasteiger partial charge on any atom is 0.136 e. The first-order chi connectivity index (χ1) is 44.1. The Balaban J connectivity index is 0.676. The highest BCUT2D eigenvalue weighted by atomic mass is 16.3. The third-order valence-electron chi connectivity index (χ3n) is 18.6. The molecule has 0 aliphatic carbocycles. The van der Waals surface area contributed by atoms with Gasteiger partial charge in [-0.25, -0.2) is 0 Å². The van der Waals surface area contributed by atoms with Crippen LogP contribution in [0.25, 0.3) is 182 Å². The van der Waals surface area contributed by atoms with Gasteiger partial charge in [-0.2, -0.15) is 0 Å². The van der Waals surface area contributed by atoms with Crippen LogP contribution in [0.2, 0.25) is 0 Å². The molecular weight excluding hydrogens is 1080 g/mol. The summed E-state index contributed by atoms with van der Waals surface area (Å²) in [5.74, 6) is 0. The Morgan fingerprint density at radius 3 is 1.01 bits per heavy atom. The molecule has 5 aromatic heterocycles. The molecule has 5 heterocycles. The van der Waals surface area contributed by atoms with Crippen molar-refractivity contribution in [1.29, 1.82) is 0 Å². The second-order valence-electron chi connectivity index (χ2n) is 23.6. The van der Waals surface area contributed by atoms with Gasteiger partial charge in [0.15, 0.2) is 0 Å². The third-order valence-corrected chi connectivity index (χ3v) is 18.6. The van der Waals surface area contributed by atoms with Gasteiger partial charge in [-0.1, -0.05) is 194 Å². The van der Waals surface area contributed by atoms with E-state index in [9.17, 15) is 0 Å². The Morgan fingerprint density at radius 1 is 0.157 bits per heavy atom. The number of hydrogen-bond acceptors (Lipinski definition) is 2. The molecule has 5 nitrogen and oxygen atoms in total. The van der Waals surface area contributed by atoms with Gasteiger partial charge >= 0.3 is 0 Å². The molecule has 0 unspecified atom stereocenters. The van der Waals surface area contributed by atoms with Crippen molar-refractivity contribution in [1.82, 2.24) is 13.7 Å². The molecule has 0 atom stereocenters. The van der Waals surface area contributed by atoms with Crippen LogP contribution in [0.4, 0.5) is 0 Å². The molecule has 19 rings (SSSR count). The lowest BCUT2D eigenvalue weighted by atomic mass is 9.98. The summed E-state index contributed by atoms with van der Waals surface area (Å²) >= 11 is 0. The summed E-state index contributed by atoms with van der Waals surface area (Å²) < 4.78 is 20.1. The topological polar surface area (TPSA) is 41.1 Å². The van der Waals surface area contributed by atoms with Crippen LogP contribution < -0.4 is 0 Å². The van der Waals surface area contributed by atoms with E-state index in [0.29, 0.717) is 0 Å². The number of benzene rings is 14. The minimum Gasteiger partial charge on any atom is -0.456 e. The molecule has 0 radical (unpaired) electrons. The molecule has 19 aromatic rings. The third kappa shape index (κ3) is 7.75. The summed E-state index contributed by atoms with van der Waals surface area (Å²) in [6, 6.07) is 113. The molecular formula is C84H51N3O2. The van der Waals surface area contributed by atoms with Crippen molar-refractivity contribution in [2.24, 2.45) is 0 Å². The molecule has 0 amide bonds. The summed E-state index contributed by atoms with van der Waals surface area (Å²) in [5.41, 5.74) is 25.4. The summed E-state index contributed by atoms with van der Waals surface area (Å²) in [5, 5.41) is 11.8. The lowest BCUT2D eigenvalue weighted by Crippen LogP contribution is -2.00. The van der Waals surface area contributed by atoms with Gasteiger partial charge in [0.2, 0.25) is 0 Å². The van der Waals surface area contributed by atoms with Crippen LogP contribution in [0.15, 0.2) is 318 Å². The number of para-hydroxylation sites is 6. The van der Waals surface area contributed by atoms with E-state index in [1.807, 2.05) is 12.1 Å². The molecule has 14 aromatic carbocycles. The minimum absolute atomic E-state index is 0.866. The number of hydrogen-bond donors (Lipinski definition) is 0. The SMILES string of the molecule is c1cc(-c2ccc(-c3ccc4oc5cc(-c6ccc7c(c6)c6ccccc6n7-c6cc(-c7ccc(-c8ccc9oc%10ccccc%10c9c8)cc7)cc(-n7c8ccccc8c8ccccc87)c6)ccc5c4c3)cc2)cc(-n2c3ccccc3c3ccccc32)c1. The van der Waals surface area contributed by atoms with Gasteiger partial charge < -0.3 is 22.5 Å². The Bertz CT molecular complexity index is 6000. The minimum atomic E-state index is 0.866. The van der Waals surface area contributed by atoms with Gasteiger partial charge in [0.1, 0.15) is 22.3 Å². The van der Waals surface area contributed by atoms with Gasteiger partial charge in [0.05, 0.1) is 33.1 Å². The molecule has 0 aliphatic heterocycles. The molecule has 0 aliphatic rings. The fraction of sp³-hybridized carbons (Fsp3) is 0. The summed E-state index contributed by atoms with van der Waals surface area (Å²) in [6.45, 7) is 0. The predicted molar refractivity (Wildman–Crippen MR) is 371 cm³/mol. The van der Waals surface area contributed by atoms with Crippen molar-refractivity contribution < 1.29 is 8.83 Å². The van der Waals surface area contributed by atoms with Gasteiger partial charge in [0, 0.05) is 70.9 Å². The molecule has 414 valence electrons. The summed E-state index contributed by atoms with van der Waals surface area (Å²) in [4.78, 5) is 0. The maximum absolute atomic E-state index is 6.68. The van der Waals surface area contributed by atoms with Crippen LogP contribution in [0, 0.1) is 0 Å². The van der Waals surface area contributed by atoms with Crippen molar-refractivity contribution in [3.05, 3.63) is 309 Å². The van der Waals surface area contributed by atoms with E-state index >= 15 is 0 Å². The fourth-order valence-corrected chi connectivity index (χ4v) is 14.4. The van der Waals surface area contributed by atoms with Crippen molar-refractivity contribution in [3.8, 4) is 72.7 Å². The zero-order chi connectivity index (χ0) is 58.3. The summed E-state index contributed by atoms with van der Waals surface area (Å²) in [6.07, 6.45) is 0. The highest BCUT2D eigenvalue weighted by Gasteiger charge is 2.20. The van der Waals surface area contributed by atoms with Crippen LogP contribution in [0.1, 0.15) is 0 Å². The average Bonchev–Trinajstić information content (AvgIpc) is 1.84. The molecule has 0 fully saturated rings. The van der Waals surface area contributed by atoms with E-state index < -0.39 is 0 Å². The number of aromatic nitrogens is 3. The van der Waals surface area contributed by atoms with Crippen molar-refractivity contribution in [2.45, 2.75) is 0 Å². The van der Waals surface area contributed by atoms with Gasteiger partial charge in [-0.15, -0.1) is 0 Å². The lowest BCUT2D eigenvalue weighted by Gasteiger charge is -2.16. The van der Waals surface area contributed by atoms with Crippen LogP contribution in [0.3, 0.4) is 0 Å². The van der Waals surface area contributed by atoms with Crippen molar-refractivity contribution >= 4 is 109 Å². The number of fused-ring (bicyclic) bond motifs is 15. The average molecular weight is 1130 g/mol. The maximum atomic E-state index is 6.68. The van der Waals surface area contributed by atoms with E-state index in [0.717, 1.165) is 116 Å². The van der Waals surface area contributed by atoms with Gasteiger partial charge in [-0.05, 0) is 171 Å². The van der Waals surface area contributed by atoms with Gasteiger partial charge in [0.25, 0.3) is 0 Å². The van der Waals surface area contributed by atoms with E-state index in [1.54, 1.807) is 0 Å². The van der Waals surface area contributed by atoms with Crippen LogP contribution in [-0.4, -0.2) is 13.7 Å². The van der Waals surface area contributed by atoms with E-state index in [1.165, 1.54) is 65.5 Å². The fourth-order valence-electron chi connectivity index (χ4n) is 14.4. The quantitative estimate of drug-likeness (QED) is 0.152. The van der Waals surface area contributed by atoms with E-state index in [4.69, 9.17) is 8.83 Å². The standard InChI is InChI=1S/C84H51N3O2/c1-7-22-75-65(16-1)66-17-2-8-23-76(66)85(75)62-15-13-14-56(44-62)52-28-30-53(31-29-52)58-39-43-83-74(49-58)71-40-36-60(50-84(71)89-83)59-37-41-80-72(47-59)69-20-5-11-26-79(69)87(80)64-46-61(45-63(51-64)86-77-24-9-3-18-67(77)68-19-4-10-25-78(68)86)55-34-32-54(33-35-55)57-38-42-82-73(48-57)70-21-6-12-27-81(70)88-82/h1-51H. The van der Waals surface area contributed by atoms with E-state index in [2.05, 4.69) is 311 Å². The lowest BCUT2D eigenvalue weighted by molar-refractivity contribution is 0.668. The van der Waals surface area contributed by atoms with Crippen molar-refractivity contribution in [3.63, 3.8) is 0 Å². The molecule has 89 heavy (non-hydrogen) atoms. The highest BCUT2D eigenvalue weighted by Crippen LogP contribution is 2.43. The Hall–Kier alpha value is -11.9. The smallest absolute Gasteiger partial charge is 0.136 e. The number of furan rings is 2. The zero-order valence-electron chi connectivity index (χ0n) is 48.1. The number of nitrogens with zero attached hydrogens (tertiary/aromatic N) is 3. The molecule has 0 saturated heterocycles. The highest BCUT2D eigenvalue weighted by molar-refractivity contribution is 6.14. The first kappa shape index (κ1) is 49.4. The second kappa shape index (κ2) is 19.3. The molecule has 0 bridgehead atoms. The van der Waals surface area contributed by atoms with Crippen LogP contribution in [0.5, 0.6) is 0 Å². The largest absolute Gasteiger partial charge is 0.456 e. The number of rotatable bonds is 8. The van der Waals surface area contributed by atoms with E-state index in [-0.39, 0.29) is 0 Å². The second-order valence-corrected chi connectivity index (χ2v) is 23.6.